The standard InChI is InChI=1S/C13H18BrNO2S/c1-10(9-16)8-15-13(17)6-7-18-12-4-2-11(14)3-5-12/h2-5,10,16H,6-9H2,1H3,(H,15,17). The SMILES string of the molecule is CC(CO)CNC(=O)CCSc1ccc(Br)cc1. The minimum Gasteiger partial charge on any atom is -0.396 e. The Hall–Kier alpha value is -0.520. The van der Waals surface area contributed by atoms with Crippen LogP contribution in [0.2, 0.25) is 0 Å². The first-order valence-electron chi connectivity index (χ1n) is 5.87. The van der Waals surface area contributed by atoms with Crippen LogP contribution >= 0.6 is 27.7 Å². The van der Waals surface area contributed by atoms with Gasteiger partial charge >= 0.3 is 0 Å². The van der Waals surface area contributed by atoms with Crippen LogP contribution in [0.25, 0.3) is 0 Å². The zero-order chi connectivity index (χ0) is 13.4. The smallest absolute Gasteiger partial charge is 0.220 e. The van der Waals surface area contributed by atoms with Gasteiger partial charge in [0, 0.05) is 34.7 Å². The number of hydrogen-bond acceptors (Lipinski definition) is 3. The van der Waals surface area contributed by atoms with Crippen molar-refractivity contribution in [1.82, 2.24) is 5.32 Å². The summed E-state index contributed by atoms with van der Waals surface area (Å²) in [6, 6.07) is 8.04. The van der Waals surface area contributed by atoms with E-state index in [1.807, 2.05) is 31.2 Å². The van der Waals surface area contributed by atoms with Crippen molar-refractivity contribution in [3.05, 3.63) is 28.7 Å². The molecule has 0 aromatic heterocycles. The van der Waals surface area contributed by atoms with Crippen LogP contribution in [0.5, 0.6) is 0 Å². The van der Waals surface area contributed by atoms with E-state index in [4.69, 9.17) is 5.11 Å². The Balaban J connectivity index is 2.17. The maximum atomic E-state index is 11.5. The highest BCUT2D eigenvalue weighted by Gasteiger charge is 2.04. The Morgan fingerprint density at radius 3 is 2.72 bits per heavy atom. The van der Waals surface area contributed by atoms with Gasteiger partial charge in [0.25, 0.3) is 0 Å². The minimum atomic E-state index is 0.0416. The Kier molecular flexibility index (Phi) is 7.39. The molecule has 0 aliphatic carbocycles. The van der Waals surface area contributed by atoms with Gasteiger partial charge in [-0.1, -0.05) is 22.9 Å². The predicted octanol–water partition coefficient (Wildman–Crippen LogP) is 2.68. The highest BCUT2D eigenvalue weighted by atomic mass is 79.9. The molecular formula is C13H18BrNO2S. The molecule has 1 amide bonds. The highest BCUT2D eigenvalue weighted by molar-refractivity contribution is 9.10. The van der Waals surface area contributed by atoms with E-state index < -0.39 is 0 Å². The lowest BCUT2D eigenvalue weighted by Crippen LogP contribution is -2.29. The Morgan fingerprint density at radius 2 is 2.11 bits per heavy atom. The summed E-state index contributed by atoms with van der Waals surface area (Å²) in [7, 11) is 0. The van der Waals surface area contributed by atoms with Crippen LogP contribution in [0.15, 0.2) is 33.6 Å². The van der Waals surface area contributed by atoms with Gasteiger partial charge in [0.05, 0.1) is 0 Å². The van der Waals surface area contributed by atoms with E-state index in [1.165, 1.54) is 0 Å². The Bertz CT molecular complexity index is 370. The maximum Gasteiger partial charge on any atom is 0.220 e. The summed E-state index contributed by atoms with van der Waals surface area (Å²) in [5.74, 6) is 0.925. The molecule has 0 aliphatic rings. The van der Waals surface area contributed by atoms with Gasteiger partial charge in [-0.05, 0) is 30.2 Å². The predicted molar refractivity (Wildman–Crippen MR) is 78.7 cm³/mol. The summed E-state index contributed by atoms with van der Waals surface area (Å²) in [4.78, 5) is 12.7. The monoisotopic (exact) mass is 331 g/mol. The number of hydrogen-bond donors (Lipinski definition) is 2. The molecule has 100 valence electrons. The number of aliphatic hydroxyl groups is 1. The van der Waals surface area contributed by atoms with E-state index in [2.05, 4.69) is 21.2 Å². The third kappa shape index (κ3) is 6.42. The largest absolute Gasteiger partial charge is 0.396 e. The summed E-state index contributed by atoms with van der Waals surface area (Å²) < 4.78 is 1.06. The maximum absolute atomic E-state index is 11.5. The van der Waals surface area contributed by atoms with E-state index >= 15 is 0 Å². The van der Waals surface area contributed by atoms with Crippen molar-refractivity contribution in [2.45, 2.75) is 18.2 Å². The number of rotatable bonds is 7. The number of nitrogens with one attached hydrogen (secondary N) is 1. The van der Waals surface area contributed by atoms with Crippen LogP contribution in [-0.4, -0.2) is 29.9 Å². The molecule has 0 saturated carbocycles. The van der Waals surface area contributed by atoms with Gasteiger partial charge in [-0.2, -0.15) is 0 Å². The molecule has 3 nitrogen and oxygen atoms in total. The highest BCUT2D eigenvalue weighted by Crippen LogP contribution is 2.21. The third-order valence-corrected chi connectivity index (χ3v) is 3.91. The fraction of sp³-hybridized carbons (Fsp3) is 0.462. The Morgan fingerprint density at radius 1 is 1.44 bits per heavy atom. The first-order chi connectivity index (χ1) is 8.61. The van der Waals surface area contributed by atoms with Gasteiger partial charge in [0.1, 0.15) is 0 Å². The van der Waals surface area contributed by atoms with Crippen molar-refractivity contribution in [3.8, 4) is 0 Å². The summed E-state index contributed by atoms with van der Waals surface area (Å²) >= 11 is 5.05. The van der Waals surface area contributed by atoms with Crippen molar-refractivity contribution in [3.63, 3.8) is 0 Å². The van der Waals surface area contributed by atoms with Crippen LogP contribution in [0.4, 0.5) is 0 Å². The number of aliphatic hydroxyl groups excluding tert-OH is 1. The molecule has 1 atom stereocenters. The van der Waals surface area contributed by atoms with Crippen molar-refractivity contribution < 1.29 is 9.90 Å². The average molecular weight is 332 g/mol. The summed E-state index contributed by atoms with van der Waals surface area (Å²) in [6.45, 7) is 2.54. The molecule has 1 aromatic carbocycles. The summed E-state index contributed by atoms with van der Waals surface area (Å²) in [5.41, 5.74) is 0. The van der Waals surface area contributed by atoms with Gasteiger partial charge in [-0.25, -0.2) is 0 Å². The van der Waals surface area contributed by atoms with Crippen molar-refractivity contribution >= 4 is 33.6 Å². The van der Waals surface area contributed by atoms with E-state index in [-0.39, 0.29) is 18.4 Å². The Labute approximate surface area is 120 Å². The van der Waals surface area contributed by atoms with Crippen molar-refractivity contribution in [2.24, 2.45) is 5.92 Å². The van der Waals surface area contributed by atoms with Crippen LogP contribution in [-0.2, 0) is 4.79 Å². The molecule has 0 radical (unpaired) electrons. The zero-order valence-corrected chi connectivity index (χ0v) is 12.8. The number of amides is 1. The van der Waals surface area contributed by atoms with Gasteiger partial charge in [-0.15, -0.1) is 11.8 Å². The molecule has 5 heteroatoms. The lowest BCUT2D eigenvalue weighted by Gasteiger charge is -2.09. The molecule has 0 heterocycles. The third-order valence-electron chi connectivity index (χ3n) is 2.37. The number of carbonyl (C=O) groups is 1. The number of halogens is 1. The van der Waals surface area contributed by atoms with Crippen LogP contribution in [0, 0.1) is 5.92 Å². The van der Waals surface area contributed by atoms with Gasteiger partial charge in [0.15, 0.2) is 0 Å². The van der Waals surface area contributed by atoms with Gasteiger partial charge in [-0.3, -0.25) is 4.79 Å². The van der Waals surface area contributed by atoms with E-state index in [0.29, 0.717) is 13.0 Å². The number of carbonyl (C=O) groups excluding carboxylic acids is 1. The summed E-state index contributed by atoms with van der Waals surface area (Å²) in [5, 5.41) is 11.6. The second-order valence-corrected chi connectivity index (χ2v) is 6.23. The molecule has 1 aromatic rings. The number of thioether (sulfide) groups is 1. The zero-order valence-electron chi connectivity index (χ0n) is 10.4. The molecule has 0 spiro atoms. The molecule has 0 fully saturated rings. The second-order valence-electron chi connectivity index (χ2n) is 4.14. The van der Waals surface area contributed by atoms with Crippen LogP contribution in [0.1, 0.15) is 13.3 Å². The number of benzene rings is 1. The van der Waals surface area contributed by atoms with Crippen molar-refractivity contribution in [2.75, 3.05) is 18.9 Å². The lowest BCUT2D eigenvalue weighted by atomic mass is 10.2. The quantitative estimate of drug-likeness (QED) is 0.755. The topological polar surface area (TPSA) is 49.3 Å². The van der Waals surface area contributed by atoms with Gasteiger partial charge in [0.2, 0.25) is 5.91 Å². The van der Waals surface area contributed by atoms with Gasteiger partial charge < -0.3 is 10.4 Å². The fourth-order valence-electron chi connectivity index (χ4n) is 1.23. The molecule has 1 rings (SSSR count). The average Bonchev–Trinajstić information content (AvgIpc) is 2.38. The molecule has 0 saturated heterocycles. The van der Waals surface area contributed by atoms with Crippen molar-refractivity contribution in [1.29, 1.82) is 0 Å². The van der Waals surface area contributed by atoms with Crippen LogP contribution in [0.3, 0.4) is 0 Å². The van der Waals surface area contributed by atoms with Crippen LogP contribution < -0.4 is 5.32 Å². The van der Waals surface area contributed by atoms with E-state index in [1.54, 1.807) is 11.8 Å². The molecule has 18 heavy (non-hydrogen) atoms. The van der Waals surface area contributed by atoms with E-state index in [9.17, 15) is 4.79 Å². The lowest BCUT2D eigenvalue weighted by molar-refractivity contribution is -0.120. The molecular weight excluding hydrogens is 314 g/mol. The normalized spacial score (nSPS) is 12.2. The molecule has 0 aliphatic heterocycles. The fourth-order valence-corrected chi connectivity index (χ4v) is 2.35. The first-order valence-corrected chi connectivity index (χ1v) is 7.65. The minimum absolute atomic E-state index is 0.0416. The molecule has 1 unspecified atom stereocenters. The molecule has 2 N–H and O–H groups in total. The second kappa shape index (κ2) is 8.56. The van der Waals surface area contributed by atoms with E-state index in [0.717, 1.165) is 15.1 Å². The first kappa shape index (κ1) is 15.5. The molecule has 0 bridgehead atoms. The summed E-state index contributed by atoms with van der Waals surface area (Å²) in [6.07, 6.45) is 0.499.